The predicted molar refractivity (Wildman–Crippen MR) is 89.6 cm³/mol. The van der Waals surface area contributed by atoms with Gasteiger partial charge in [0, 0.05) is 18.0 Å². The Morgan fingerprint density at radius 1 is 1.27 bits per heavy atom. The SMILES string of the molecule is Cc1sc2nc(CN3CCCC3)n(CCCO)c(=O)c2c1C. The van der Waals surface area contributed by atoms with E-state index in [-0.39, 0.29) is 12.2 Å². The summed E-state index contributed by atoms with van der Waals surface area (Å²) in [5.74, 6) is 0.842. The van der Waals surface area contributed by atoms with Crippen LogP contribution < -0.4 is 5.56 Å². The Hall–Kier alpha value is -1.24. The van der Waals surface area contributed by atoms with E-state index >= 15 is 0 Å². The van der Waals surface area contributed by atoms with Crippen molar-refractivity contribution in [3.8, 4) is 0 Å². The molecule has 0 bridgehead atoms. The van der Waals surface area contributed by atoms with E-state index in [1.165, 1.54) is 12.8 Å². The van der Waals surface area contributed by atoms with Gasteiger partial charge >= 0.3 is 0 Å². The molecule has 1 aliphatic rings. The van der Waals surface area contributed by atoms with Gasteiger partial charge in [-0.1, -0.05) is 0 Å². The highest BCUT2D eigenvalue weighted by Gasteiger charge is 2.19. The van der Waals surface area contributed by atoms with Gasteiger partial charge in [-0.2, -0.15) is 0 Å². The fourth-order valence-electron chi connectivity index (χ4n) is 3.09. The van der Waals surface area contributed by atoms with Gasteiger partial charge in [-0.05, 0) is 51.8 Å². The topological polar surface area (TPSA) is 58.4 Å². The van der Waals surface area contributed by atoms with Crippen LogP contribution in [0, 0.1) is 13.8 Å². The zero-order valence-corrected chi connectivity index (χ0v) is 14.1. The van der Waals surface area contributed by atoms with E-state index < -0.39 is 0 Å². The van der Waals surface area contributed by atoms with Crippen LogP contribution in [0.4, 0.5) is 0 Å². The highest BCUT2D eigenvalue weighted by atomic mass is 32.1. The molecule has 0 radical (unpaired) electrons. The molecule has 0 aliphatic carbocycles. The Morgan fingerprint density at radius 2 is 2.00 bits per heavy atom. The van der Waals surface area contributed by atoms with Crippen LogP contribution in [0.1, 0.15) is 35.5 Å². The fourth-order valence-corrected chi connectivity index (χ4v) is 4.13. The summed E-state index contributed by atoms with van der Waals surface area (Å²) < 4.78 is 1.77. The minimum Gasteiger partial charge on any atom is -0.396 e. The highest BCUT2D eigenvalue weighted by molar-refractivity contribution is 7.18. The molecule has 2 aromatic rings. The summed E-state index contributed by atoms with van der Waals surface area (Å²) in [6, 6.07) is 0. The first-order valence-corrected chi connectivity index (χ1v) is 8.76. The Labute approximate surface area is 134 Å². The van der Waals surface area contributed by atoms with Gasteiger partial charge in [-0.3, -0.25) is 14.3 Å². The minimum absolute atomic E-state index is 0.0505. The highest BCUT2D eigenvalue weighted by Crippen LogP contribution is 2.26. The molecular formula is C16H23N3O2S. The fraction of sp³-hybridized carbons (Fsp3) is 0.625. The molecule has 1 fully saturated rings. The van der Waals surface area contributed by atoms with E-state index in [4.69, 9.17) is 10.1 Å². The van der Waals surface area contributed by atoms with Crippen molar-refractivity contribution in [3.05, 3.63) is 26.6 Å². The first kappa shape index (κ1) is 15.6. The average Bonchev–Trinajstić information content (AvgIpc) is 3.08. The number of aliphatic hydroxyl groups excluding tert-OH is 1. The quantitative estimate of drug-likeness (QED) is 0.916. The number of nitrogens with zero attached hydrogens (tertiary/aromatic N) is 3. The third-order valence-corrected chi connectivity index (χ3v) is 5.57. The second-order valence-electron chi connectivity index (χ2n) is 6.01. The lowest BCUT2D eigenvalue weighted by Gasteiger charge is -2.18. The molecule has 0 unspecified atom stereocenters. The zero-order chi connectivity index (χ0) is 15.7. The molecule has 0 spiro atoms. The maximum Gasteiger partial charge on any atom is 0.262 e. The third kappa shape index (κ3) is 2.83. The summed E-state index contributed by atoms with van der Waals surface area (Å²) in [7, 11) is 0. The van der Waals surface area contributed by atoms with Crippen molar-refractivity contribution in [2.45, 2.75) is 46.2 Å². The molecule has 0 atom stereocenters. The van der Waals surface area contributed by atoms with Gasteiger partial charge in [0.25, 0.3) is 5.56 Å². The maximum atomic E-state index is 12.9. The maximum absolute atomic E-state index is 12.9. The lowest BCUT2D eigenvalue weighted by molar-refractivity contribution is 0.273. The van der Waals surface area contributed by atoms with Crippen LogP contribution in [0.25, 0.3) is 10.2 Å². The van der Waals surface area contributed by atoms with Crippen molar-refractivity contribution >= 4 is 21.6 Å². The van der Waals surface area contributed by atoms with Gasteiger partial charge in [-0.15, -0.1) is 11.3 Å². The van der Waals surface area contributed by atoms with Crippen molar-refractivity contribution < 1.29 is 5.11 Å². The molecule has 1 saturated heterocycles. The Bertz CT molecular complexity index is 729. The number of hydrogen-bond acceptors (Lipinski definition) is 5. The molecule has 5 nitrogen and oxygen atoms in total. The van der Waals surface area contributed by atoms with E-state index in [2.05, 4.69) is 4.90 Å². The molecule has 0 amide bonds. The smallest absolute Gasteiger partial charge is 0.262 e. The summed E-state index contributed by atoms with van der Waals surface area (Å²) in [5, 5.41) is 9.88. The molecule has 2 aromatic heterocycles. The van der Waals surface area contributed by atoms with E-state index in [1.54, 1.807) is 15.9 Å². The predicted octanol–water partition coefficient (Wildman–Crippen LogP) is 2.05. The number of thiophene rings is 1. The van der Waals surface area contributed by atoms with E-state index in [9.17, 15) is 4.79 Å². The van der Waals surface area contributed by atoms with E-state index in [0.29, 0.717) is 13.0 Å². The standard InChI is InChI=1S/C16H23N3O2S/c1-11-12(2)22-15-14(11)16(21)19(8-5-9-20)13(17-15)10-18-6-3-4-7-18/h20H,3-10H2,1-2H3. The second-order valence-corrected chi connectivity index (χ2v) is 7.21. The van der Waals surface area contributed by atoms with Crippen molar-refractivity contribution in [1.82, 2.24) is 14.5 Å². The Balaban J connectivity index is 2.08. The zero-order valence-electron chi connectivity index (χ0n) is 13.3. The minimum atomic E-state index is 0.0505. The number of aryl methyl sites for hydroxylation is 2. The van der Waals surface area contributed by atoms with Crippen molar-refractivity contribution in [2.24, 2.45) is 0 Å². The van der Waals surface area contributed by atoms with Gasteiger partial charge in [0.2, 0.25) is 0 Å². The number of aliphatic hydroxyl groups is 1. The molecule has 3 heterocycles. The van der Waals surface area contributed by atoms with Crippen LogP contribution >= 0.6 is 11.3 Å². The second kappa shape index (κ2) is 6.48. The summed E-state index contributed by atoms with van der Waals surface area (Å²) in [6.07, 6.45) is 3.03. The van der Waals surface area contributed by atoms with Crippen LogP contribution in [0.15, 0.2) is 4.79 Å². The molecule has 120 valence electrons. The average molecular weight is 321 g/mol. The molecule has 0 saturated carbocycles. The number of rotatable bonds is 5. The molecule has 1 aliphatic heterocycles. The lowest BCUT2D eigenvalue weighted by atomic mass is 10.2. The van der Waals surface area contributed by atoms with Crippen molar-refractivity contribution in [1.29, 1.82) is 0 Å². The normalized spacial score (nSPS) is 16.0. The van der Waals surface area contributed by atoms with Gasteiger partial charge in [0.1, 0.15) is 10.7 Å². The molecule has 6 heteroatoms. The molecule has 3 rings (SSSR count). The molecule has 0 aromatic carbocycles. The summed E-state index contributed by atoms with van der Waals surface area (Å²) in [6.45, 7) is 7.55. The van der Waals surface area contributed by atoms with Crippen LogP contribution in [0.3, 0.4) is 0 Å². The van der Waals surface area contributed by atoms with Crippen LogP contribution in [-0.4, -0.2) is 39.3 Å². The first-order valence-electron chi connectivity index (χ1n) is 7.94. The molecular weight excluding hydrogens is 298 g/mol. The number of aromatic nitrogens is 2. The Morgan fingerprint density at radius 3 is 2.68 bits per heavy atom. The largest absolute Gasteiger partial charge is 0.396 e. The monoisotopic (exact) mass is 321 g/mol. The van der Waals surface area contributed by atoms with Crippen LogP contribution in [0.5, 0.6) is 0 Å². The van der Waals surface area contributed by atoms with Gasteiger partial charge < -0.3 is 5.11 Å². The third-order valence-electron chi connectivity index (χ3n) is 4.47. The van der Waals surface area contributed by atoms with Gasteiger partial charge in [0.05, 0.1) is 11.9 Å². The summed E-state index contributed by atoms with van der Waals surface area (Å²) in [5.41, 5.74) is 1.09. The number of fused-ring (bicyclic) bond motifs is 1. The van der Waals surface area contributed by atoms with E-state index in [0.717, 1.165) is 46.1 Å². The first-order chi connectivity index (χ1) is 10.6. The van der Waals surface area contributed by atoms with Crippen LogP contribution in [-0.2, 0) is 13.1 Å². The van der Waals surface area contributed by atoms with Crippen molar-refractivity contribution in [2.75, 3.05) is 19.7 Å². The molecule has 1 N–H and O–H groups in total. The summed E-state index contributed by atoms with van der Waals surface area (Å²) >= 11 is 1.61. The molecule has 22 heavy (non-hydrogen) atoms. The van der Waals surface area contributed by atoms with Crippen molar-refractivity contribution in [3.63, 3.8) is 0 Å². The Kier molecular flexibility index (Phi) is 4.61. The van der Waals surface area contributed by atoms with Gasteiger partial charge in [0.15, 0.2) is 0 Å². The lowest BCUT2D eigenvalue weighted by Crippen LogP contribution is -2.30. The summed E-state index contributed by atoms with van der Waals surface area (Å²) in [4.78, 5) is 22.1. The number of likely N-dealkylation sites (tertiary alicyclic amines) is 1. The van der Waals surface area contributed by atoms with E-state index in [1.807, 2.05) is 13.8 Å². The number of hydrogen-bond donors (Lipinski definition) is 1. The van der Waals surface area contributed by atoms with Crippen LogP contribution in [0.2, 0.25) is 0 Å². The van der Waals surface area contributed by atoms with Gasteiger partial charge in [-0.25, -0.2) is 4.98 Å².